The van der Waals surface area contributed by atoms with Crippen molar-refractivity contribution in [2.45, 2.75) is 6.92 Å². The molecule has 100 valence electrons. The first-order valence-corrected chi connectivity index (χ1v) is 5.17. The number of nitrogens with one attached hydrogen (secondary N) is 1. The Kier molecular flexibility index (Phi) is 4.25. The van der Waals surface area contributed by atoms with Crippen LogP contribution in [0, 0.1) is 0 Å². The molecular formula is C12H12N2O5. The zero-order chi connectivity index (χ0) is 14.6. The van der Waals surface area contributed by atoms with Crippen molar-refractivity contribution in [3.05, 3.63) is 35.4 Å². The predicted octanol–water partition coefficient (Wildman–Crippen LogP) is 0.461. The van der Waals surface area contributed by atoms with Crippen LogP contribution < -0.4 is 11.1 Å². The third-order valence-corrected chi connectivity index (χ3v) is 2.24. The average molecular weight is 264 g/mol. The molecule has 0 radical (unpaired) electrons. The van der Waals surface area contributed by atoms with Crippen LogP contribution in [0.2, 0.25) is 0 Å². The number of carbonyl (C=O) groups excluding carboxylic acids is 2. The Morgan fingerprint density at radius 2 is 1.95 bits per heavy atom. The molecule has 0 saturated heterocycles. The normalized spacial score (nSPS) is 10.9. The van der Waals surface area contributed by atoms with E-state index in [2.05, 4.69) is 5.32 Å². The fourth-order valence-electron chi connectivity index (χ4n) is 1.29. The van der Waals surface area contributed by atoms with E-state index in [9.17, 15) is 19.5 Å². The lowest BCUT2D eigenvalue weighted by atomic mass is 10.1. The standard InChI is InChI=1S/C12H12N2O5/c1-6(12(18)19)5-9(16)14-10-7(11(13)17)3-2-4-8(10)15/h2-5,15H,1H3,(H2,13,17)(H,14,16)(H,18,19)/b6-5+. The van der Waals surface area contributed by atoms with E-state index in [1.807, 2.05) is 0 Å². The molecule has 7 nitrogen and oxygen atoms in total. The second kappa shape index (κ2) is 5.67. The SMILES string of the molecule is C/C(=C\C(=O)Nc1c(O)cccc1C(N)=O)C(=O)O. The van der Waals surface area contributed by atoms with Crippen molar-refractivity contribution in [1.29, 1.82) is 0 Å². The summed E-state index contributed by atoms with van der Waals surface area (Å²) in [6.45, 7) is 1.24. The van der Waals surface area contributed by atoms with E-state index < -0.39 is 17.8 Å². The number of nitrogens with two attached hydrogens (primary N) is 1. The quantitative estimate of drug-likeness (QED) is 0.463. The van der Waals surface area contributed by atoms with E-state index in [0.29, 0.717) is 0 Å². The van der Waals surface area contributed by atoms with Gasteiger partial charge in [0.2, 0.25) is 5.91 Å². The minimum Gasteiger partial charge on any atom is -0.506 e. The molecule has 0 spiro atoms. The van der Waals surface area contributed by atoms with E-state index in [1.165, 1.54) is 25.1 Å². The molecule has 0 saturated carbocycles. The molecule has 7 heteroatoms. The van der Waals surface area contributed by atoms with Crippen LogP contribution in [0.3, 0.4) is 0 Å². The summed E-state index contributed by atoms with van der Waals surface area (Å²) in [6, 6.07) is 3.98. The molecular weight excluding hydrogens is 252 g/mol. The van der Waals surface area contributed by atoms with Gasteiger partial charge in [-0.25, -0.2) is 4.79 Å². The molecule has 1 aromatic carbocycles. The van der Waals surface area contributed by atoms with Gasteiger partial charge in [-0.2, -0.15) is 0 Å². The number of aliphatic carboxylic acids is 1. The lowest BCUT2D eigenvalue weighted by molar-refractivity contribution is -0.132. The lowest BCUT2D eigenvalue weighted by Crippen LogP contribution is -2.17. The Hall–Kier alpha value is -2.83. The summed E-state index contributed by atoms with van der Waals surface area (Å²) in [5.74, 6) is -3.21. The Labute approximate surface area is 108 Å². The molecule has 2 amide bonds. The summed E-state index contributed by atoms with van der Waals surface area (Å²) in [6.07, 6.45) is 0.833. The second-order valence-corrected chi connectivity index (χ2v) is 3.69. The van der Waals surface area contributed by atoms with E-state index in [0.717, 1.165) is 6.08 Å². The van der Waals surface area contributed by atoms with E-state index in [1.54, 1.807) is 0 Å². The number of amides is 2. The first kappa shape index (κ1) is 14.2. The molecule has 19 heavy (non-hydrogen) atoms. The molecule has 0 fully saturated rings. The predicted molar refractivity (Wildman–Crippen MR) is 66.6 cm³/mol. The number of aromatic hydroxyl groups is 1. The zero-order valence-corrected chi connectivity index (χ0v) is 10.0. The number of hydrogen-bond donors (Lipinski definition) is 4. The minimum atomic E-state index is -1.25. The van der Waals surface area contributed by atoms with Crippen molar-refractivity contribution in [3.63, 3.8) is 0 Å². The Morgan fingerprint density at radius 3 is 2.47 bits per heavy atom. The second-order valence-electron chi connectivity index (χ2n) is 3.69. The van der Waals surface area contributed by atoms with Gasteiger partial charge in [0, 0.05) is 11.6 Å². The maximum Gasteiger partial charge on any atom is 0.331 e. The molecule has 5 N–H and O–H groups in total. The monoisotopic (exact) mass is 264 g/mol. The molecule has 0 atom stereocenters. The van der Waals surface area contributed by atoms with Crippen molar-refractivity contribution in [1.82, 2.24) is 0 Å². The third kappa shape index (κ3) is 3.56. The first-order valence-electron chi connectivity index (χ1n) is 5.17. The summed E-state index contributed by atoms with van der Waals surface area (Å²) in [4.78, 5) is 33.2. The number of para-hydroxylation sites is 1. The molecule has 1 rings (SSSR count). The molecule has 0 bridgehead atoms. The highest BCUT2D eigenvalue weighted by Gasteiger charge is 2.14. The topological polar surface area (TPSA) is 130 Å². The van der Waals surface area contributed by atoms with Gasteiger partial charge in [0.1, 0.15) is 5.75 Å². The number of primary amides is 1. The summed E-state index contributed by atoms with van der Waals surface area (Å²) in [5.41, 5.74) is 4.68. The number of carboxylic acids is 1. The molecule has 0 aliphatic carbocycles. The molecule has 1 aromatic rings. The van der Waals surface area contributed by atoms with Crippen molar-refractivity contribution >= 4 is 23.5 Å². The molecule has 0 heterocycles. The number of carboxylic acid groups (broad SMARTS) is 1. The van der Waals surface area contributed by atoms with Gasteiger partial charge in [-0.1, -0.05) is 6.07 Å². The number of phenols is 1. The smallest absolute Gasteiger partial charge is 0.331 e. The fraction of sp³-hybridized carbons (Fsp3) is 0.0833. The van der Waals surface area contributed by atoms with Gasteiger partial charge in [0.15, 0.2) is 0 Å². The van der Waals surface area contributed by atoms with Crippen LogP contribution in [0.15, 0.2) is 29.8 Å². The molecule has 0 aliphatic heterocycles. The maximum absolute atomic E-state index is 11.5. The summed E-state index contributed by atoms with van der Waals surface area (Å²) < 4.78 is 0. The third-order valence-electron chi connectivity index (χ3n) is 2.24. The number of carbonyl (C=O) groups is 3. The minimum absolute atomic E-state index is 0.0743. The summed E-state index contributed by atoms with van der Waals surface area (Å²) in [5, 5.41) is 20.4. The lowest BCUT2D eigenvalue weighted by Gasteiger charge is -2.09. The number of anilines is 1. The molecule has 0 aliphatic rings. The largest absolute Gasteiger partial charge is 0.506 e. The van der Waals surface area contributed by atoms with E-state index >= 15 is 0 Å². The van der Waals surface area contributed by atoms with Crippen LogP contribution in [0.1, 0.15) is 17.3 Å². The van der Waals surface area contributed by atoms with Gasteiger partial charge in [-0.3, -0.25) is 9.59 Å². The summed E-state index contributed by atoms with van der Waals surface area (Å²) >= 11 is 0. The van der Waals surface area contributed by atoms with Gasteiger partial charge < -0.3 is 21.3 Å². The maximum atomic E-state index is 11.5. The highest BCUT2D eigenvalue weighted by atomic mass is 16.4. The van der Waals surface area contributed by atoms with Crippen molar-refractivity contribution in [3.8, 4) is 5.75 Å². The van der Waals surface area contributed by atoms with Gasteiger partial charge in [0.05, 0.1) is 11.3 Å². The van der Waals surface area contributed by atoms with Crippen LogP contribution in [-0.4, -0.2) is 28.0 Å². The van der Waals surface area contributed by atoms with Crippen LogP contribution in [-0.2, 0) is 9.59 Å². The first-order chi connectivity index (χ1) is 8.82. The fourth-order valence-corrected chi connectivity index (χ4v) is 1.29. The number of rotatable bonds is 4. The molecule has 0 unspecified atom stereocenters. The number of benzene rings is 1. The highest BCUT2D eigenvalue weighted by Crippen LogP contribution is 2.26. The summed E-state index contributed by atoms with van der Waals surface area (Å²) in [7, 11) is 0. The van der Waals surface area contributed by atoms with Crippen LogP contribution in [0.5, 0.6) is 5.75 Å². The van der Waals surface area contributed by atoms with E-state index in [-0.39, 0.29) is 22.6 Å². The van der Waals surface area contributed by atoms with Crippen LogP contribution in [0.25, 0.3) is 0 Å². The van der Waals surface area contributed by atoms with E-state index in [4.69, 9.17) is 10.8 Å². The van der Waals surface area contributed by atoms with Gasteiger partial charge in [-0.05, 0) is 19.1 Å². The van der Waals surface area contributed by atoms with Gasteiger partial charge in [-0.15, -0.1) is 0 Å². The van der Waals surface area contributed by atoms with Crippen molar-refractivity contribution in [2.75, 3.05) is 5.32 Å². The Morgan fingerprint density at radius 1 is 1.32 bits per heavy atom. The average Bonchev–Trinajstić information content (AvgIpc) is 2.31. The number of hydrogen-bond acceptors (Lipinski definition) is 4. The Balaban J connectivity index is 3.07. The van der Waals surface area contributed by atoms with Crippen molar-refractivity contribution < 1.29 is 24.6 Å². The highest BCUT2D eigenvalue weighted by molar-refractivity contribution is 6.09. The number of phenolic OH excluding ortho intramolecular Hbond substituents is 1. The van der Waals surface area contributed by atoms with Crippen LogP contribution >= 0.6 is 0 Å². The Bertz CT molecular complexity index is 577. The van der Waals surface area contributed by atoms with Crippen molar-refractivity contribution in [2.24, 2.45) is 5.73 Å². The molecule has 0 aromatic heterocycles. The zero-order valence-electron chi connectivity index (χ0n) is 10.0. The van der Waals surface area contributed by atoms with Gasteiger partial charge >= 0.3 is 5.97 Å². The van der Waals surface area contributed by atoms with Crippen LogP contribution in [0.4, 0.5) is 5.69 Å². The van der Waals surface area contributed by atoms with Gasteiger partial charge in [0.25, 0.3) is 5.91 Å².